The highest BCUT2D eigenvalue weighted by Gasteiger charge is 2.15. The largest absolute Gasteiger partial charge is 0.465 e. The number of ether oxygens (including phenoxy) is 1. The number of amides is 1. The molecule has 0 aromatic heterocycles. The van der Waals surface area contributed by atoms with Crippen molar-refractivity contribution in [3.05, 3.63) is 34.3 Å². The number of primary amides is 1. The van der Waals surface area contributed by atoms with E-state index in [4.69, 9.17) is 17.3 Å². The number of benzene rings is 1. The molecule has 0 saturated heterocycles. The number of esters is 1. The molecule has 0 spiro atoms. The van der Waals surface area contributed by atoms with E-state index < -0.39 is 11.9 Å². The highest BCUT2D eigenvalue weighted by atomic mass is 35.5. The van der Waals surface area contributed by atoms with Crippen molar-refractivity contribution in [1.29, 1.82) is 0 Å². The topological polar surface area (TPSA) is 69.4 Å². The summed E-state index contributed by atoms with van der Waals surface area (Å²) in [6, 6.07) is 4.41. The third-order valence-corrected chi connectivity index (χ3v) is 2.08. The Bertz CT molecular complexity index is 390. The van der Waals surface area contributed by atoms with Crippen LogP contribution in [0.5, 0.6) is 0 Å². The van der Waals surface area contributed by atoms with E-state index in [1.54, 1.807) is 0 Å². The van der Waals surface area contributed by atoms with Gasteiger partial charge in [-0.25, -0.2) is 4.79 Å². The van der Waals surface area contributed by atoms with Crippen molar-refractivity contribution in [1.82, 2.24) is 0 Å². The molecule has 1 aromatic rings. The predicted octanol–water partition coefficient (Wildman–Crippen LogP) is 1.23. The molecule has 1 amide bonds. The Kier molecular flexibility index (Phi) is 3.09. The number of carbonyl (C=O) groups excluding carboxylic acids is 2. The molecule has 4 nitrogen and oxygen atoms in total. The van der Waals surface area contributed by atoms with Gasteiger partial charge < -0.3 is 10.5 Å². The lowest BCUT2D eigenvalue weighted by Crippen LogP contribution is -2.13. The van der Waals surface area contributed by atoms with Crippen molar-refractivity contribution in [3.8, 4) is 0 Å². The first-order valence-electron chi connectivity index (χ1n) is 3.74. The monoisotopic (exact) mass is 213 g/mol. The molecular weight excluding hydrogens is 206 g/mol. The lowest BCUT2D eigenvalue weighted by Gasteiger charge is -2.04. The average molecular weight is 214 g/mol. The second-order valence-corrected chi connectivity index (χ2v) is 2.90. The van der Waals surface area contributed by atoms with Crippen molar-refractivity contribution < 1.29 is 14.3 Å². The maximum Gasteiger partial charge on any atom is 0.339 e. The fourth-order valence-electron chi connectivity index (χ4n) is 0.990. The first-order chi connectivity index (χ1) is 6.57. The van der Waals surface area contributed by atoms with E-state index in [2.05, 4.69) is 4.74 Å². The van der Waals surface area contributed by atoms with Crippen LogP contribution >= 0.6 is 11.6 Å². The Hall–Kier alpha value is -1.55. The SMILES string of the molecule is COC(=O)c1cccc(C(N)=O)c1Cl. The van der Waals surface area contributed by atoms with Crippen LogP contribution in [0.4, 0.5) is 0 Å². The maximum absolute atomic E-state index is 11.2. The number of rotatable bonds is 2. The smallest absolute Gasteiger partial charge is 0.339 e. The third kappa shape index (κ3) is 1.85. The summed E-state index contributed by atoms with van der Waals surface area (Å²) in [6.45, 7) is 0. The minimum Gasteiger partial charge on any atom is -0.465 e. The molecule has 0 aliphatic rings. The number of hydrogen-bond donors (Lipinski definition) is 1. The van der Waals surface area contributed by atoms with E-state index in [9.17, 15) is 9.59 Å². The van der Waals surface area contributed by atoms with E-state index >= 15 is 0 Å². The number of carbonyl (C=O) groups is 2. The zero-order chi connectivity index (χ0) is 10.7. The van der Waals surface area contributed by atoms with Gasteiger partial charge in [0, 0.05) is 0 Å². The van der Waals surface area contributed by atoms with E-state index in [1.165, 1.54) is 25.3 Å². The standard InChI is InChI=1S/C9H8ClNO3/c1-14-9(13)6-4-2-3-5(7(6)10)8(11)12/h2-4H,1H3,(H2,11,12). The molecule has 0 atom stereocenters. The Morgan fingerprint density at radius 3 is 2.43 bits per heavy atom. The van der Waals surface area contributed by atoms with Gasteiger partial charge in [0.05, 0.1) is 23.3 Å². The van der Waals surface area contributed by atoms with Gasteiger partial charge in [-0.2, -0.15) is 0 Å². The van der Waals surface area contributed by atoms with Crippen molar-refractivity contribution in [2.45, 2.75) is 0 Å². The van der Waals surface area contributed by atoms with Crippen LogP contribution in [-0.2, 0) is 4.74 Å². The van der Waals surface area contributed by atoms with E-state index in [1.807, 2.05) is 0 Å². The van der Waals surface area contributed by atoms with Gasteiger partial charge in [-0.3, -0.25) is 4.79 Å². The van der Waals surface area contributed by atoms with E-state index in [-0.39, 0.29) is 16.1 Å². The van der Waals surface area contributed by atoms with Gasteiger partial charge in [-0.1, -0.05) is 17.7 Å². The second kappa shape index (κ2) is 4.11. The number of methoxy groups -OCH3 is 1. The van der Waals surface area contributed by atoms with Gasteiger partial charge in [0.25, 0.3) is 0 Å². The van der Waals surface area contributed by atoms with Crippen LogP contribution in [0.15, 0.2) is 18.2 Å². The molecule has 0 aliphatic heterocycles. The van der Waals surface area contributed by atoms with Crippen LogP contribution in [0.2, 0.25) is 5.02 Å². The molecule has 0 aliphatic carbocycles. The van der Waals surface area contributed by atoms with Crippen molar-refractivity contribution in [2.75, 3.05) is 7.11 Å². The Balaban J connectivity index is 3.27. The normalized spacial score (nSPS) is 9.57. The Morgan fingerprint density at radius 2 is 1.93 bits per heavy atom. The molecule has 0 heterocycles. The van der Waals surface area contributed by atoms with Gasteiger partial charge in [-0.15, -0.1) is 0 Å². The average Bonchev–Trinajstić information content (AvgIpc) is 2.16. The summed E-state index contributed by atoms with van der Waals surface area (Å²) in [6.07, 6.45) is 0. The fraction of sp³-hybridized carbons (Fsp3) is 0.111. The zero-order valence-electron chi connectivity index (χ0n) is 7.41. The maximum atomic E-state index is 11.2. The first-order valence-corrected chi connectivity index (χ1v) is 4.12. The highest BCUT2D eigenvalue weighted by Crippen LogP contribution is 2.21. The number of halogens is 1. The molecule has 0 bridgehead atoms. The summed E-state index contributed by atoms with van der Waals surface area (Å²) >= 11 is 5.78. The van der Waals surface area contributed by atoms with Crippen molar-refractivity contribution in [2.24, 2.45) is 5.73 Å². The summed E-state index contributed by atoms with van der Waals surface area (Å²) < 4.78 is 4.48. The molecule has 0 fully saturated rings. The summed E-state index contributed by atoms with van der Waals surface area (Å²) in [5.74, 6) is -1.28. The molecule has 2 N–H and O–H groups in total. The van der Waals surface area contributed by atoms with Gasteiger partial charge in [0.2, 0.25) is 5.91 Å². The molecular formula is C9H8ClNO3. The fourth-order valence-corrected chi connectivity index (χ4v) is 1.29. The molecule has 0 unspecified atom stereocenters. The van der Waals surface area contributed by atoms with Crippen LogP contribution in [0.3, 0.4) is 0 Å². The minimum absolute atomic E-state index is 0.0202. The molecule has 14 heavy (non-hydrogen) atoms. The number of hydrogen-bond acceptors (Lipinski definition) is 3. The molecule has 0 radical (unpaired) electrons. The highest BCUT2D eigenvalue weighted by molar-refractivity contribution is 6.36. The van der Waals surface area contributed by atoms with Gasteiger partial charge >= 0.3 is 5.97 Å². The van der Waals surface area contributed by atoms with Crippen LogP contribution in [0, 0.1) is 0 Å². The summed E-state index contributed by atoms with van der Waals surface area (Å²) in [4.78, 5) is 22.0. The Labute approximate surface area is 85.6 Å². The van der Waals surface area contributed by atoms with Gasteiger partial charge in [-0.05, 0) is 12.1 Å². The van der Waals surface area contributed by atoms with Crippen LogP contribution in [0.25, 0.3) is 0 Å². The summed E-state index contributed by atoms with van der Waals surface area (Å²) in [5.41, 5.74) is 5.29. The minimum atomic E-state index is -0.680. The van der Waals surface area contributed by atoms with Crippen LogP contribution < -0.4 is 5.73 Å². The quantitative estimate of drug-likeness (QED) is 0.751. The van der Waals surface area contributed by atoms with Crippen molar-refractivity contribution in [3.63, 3.8) is 0 Å². The molecule has 1 aromatic carbocycles. The second-order valence-electron chi connectivity index (χ2n) is 2.52. The lowest BCUT2D eigenvalue weighted by atomic mass is 10.1. The third-order valence-electron chi connectivity index (χ3n) is 1.67. The van der Waals surface area contributed by atoms with E-state index in [0.717, 1.165) is 0 Å². The van der Waals surface area contributed by atoms with Gasteiger partial charge in [0.15, 0.2) is 0 Å². The van der Waals surface area contributed by atoms with Gasteiger partial charge in [0.1, 0.15) is 0 Å². The van der Waals surface area contributed by atoms with Crippen LogP contribution in [-0.4, -0.2) is 19.0 Å². The summed E-state index contributed by atoms with van der Waals surface area (Å²) in [7, 11) is 1.23. The number of nitrogens with two attached hydrogens (primary N) is 1. The van der Waals surface area contributed by atoms with E-state index in [0.29, 0.717) is 0 Å². The lowest BCUT2D eigenvalue weighted by molar-refractivity contribution is 0.0601. The van der Waals surface area contributed by atoms with Crippen molar-refractivity contribution >= 4 is 23.5 Å². The zero-order valence-corrected chi connectivity index (χ0v) is 8.17. The Morgan fingerprint density at radius 1 is 1.36 bits per heavy atom. The van der Waals surface area contributed by atoms with Crippen LogP contribution in [0.1, 0.15) is 20.7 Å². The summed E-state index contributed by atoms with van der Waals surface area (Å²) in [5, 5.41) is 0.0202. The first kappa shape index (κ1) is 10.5. The molecule has 74 valence electrons. The molecule has 0 saturated carbocycles. The molecule has 5 heteroatoms. The predicted molar refractivity (Wildman–Crippen MR) is 51.3 cm³/mol. The molecule has 1 rings (SSSR count).